The smallest absolute Gasteiger partial charge is 0.170 e. The van der Waals surface area contributed by atoms with Gasteiger partial charge < -0.3 is 0 Å². The maximum absolute atomic E-state index is 4.20. The van der Waals surface area contributed by atoms with Crippen molar-refractivity contribution in [3.05, 3.63) is 34.6 Å². The molecule has 1 aliphatic carbocycles. The molecule has 0 saturated heterocycles. The Balaban J connectivity index is 1.76. The van der Waals surface area contributed by atoms with Crippen molar-refractivity contribution in [1.82, 2.24) is 25.1 Å². The summed E-state index contributed by atoms with van der Waals surface area (Å²) in [6, 6.07) is 8.70. The molecule has 1 heterocycles. The van der Waals surface area contributed by atoms with Gasteiger partial charge in [0, 0.05) is 10.5 Å². The highest BCUT2D eigenvalue weighted by Gasteiger charge is 2.20. The fraction of sp³-hybridized carbons (Fsp3) is 0.533. The summed E-state index contributed by atoms with van der Waals surface area (Å²) < 4.78 is 2.85. The van der Waals surface area contributed by atoms with Crippen molar-refractivity contribution in [3.8, 4) is 5.69 Å². The molecule has 1 aromatic heterocycles. The Morgan fingerprint density at radius 1 is 1.29 bits per heavy atom. The van der Waals surface area contributed by atoms with Gasteiger partial charge in [-0.2, -0.15) is 4.68 Å². The summed E-state index contributed by atoms with van der Waals surface area (Å²) >= 11 is 3.49. The Kier molecular flexibility index (Phi) is 4.65. The molecule has 3 rings (SSSR count). The van der Waals surface area contributed by atoms with Crippen molar-refractivity contribution >= 4 is 15.9 Å². The van der Waals surface area contributed by atoms with Gasteiger partial charge in [-0.15, -0.1) is 5.10 Å². The van der Waals surface area contributed by atoms with Gasteiger partial charge in [-0.05, 0) is 48.5 Å². The first-order valence-electron chi connectivity index (χ1n) is 7.47. The van der Waals surface area contributed by atoms with Crippen LogP contribution in [0.4, 0.5) is 0 Å². The van der Waals surface area contributed by atoms with Gasteiger partial charge in [0.2, 0.25) is 0 Å². The number of halogens is 1. The molecule has 1 aliphatic rings. The van der Waals surface area contributed by atoms with Crippen LogP contribution in [0.2, 0.25) is 0 Å². The number of aromatic nitrogens is 4. The highest BCUT2D eigenvalue weighted by Crippen LogP contribution is 2.23. The average molecular weight is 350 g/mol. The molecule has 1 fully saturated rings. The van der Waals surface area contributed by atoms with E-state index in [0.29, 0.717) is 6.04 Å². The van der Waals surface area contributed by atoms with Crippen molar-refractivity contribution in [2.24, 2.45) is 0 Å². The molecule has 21 heavy (non-hydrogen) atoms. The van der Waals surface area contributed by atoms with Gasteiger partial charge in [0.15, 0.2) is 5.82 Å². The van der Waals surface area contributed by atoms with Gasteiger partial charge in [0.1, 0.15) is 0 Å². The summed E-state index contributed by atoms with van der Waals surface area (Å²) in [5, 5.41) is 12.2. The summed E-state index contributed by atoms with van der Waals surface area (Å²) in [5.74, 6) is 0.890. The number of hydrogen-bond acceptors (Lipinski definition) is 4. The fourth-order valence-corrected chi connectivity index (χ4v) is 3.37. The second kappa shape index (κ2) is 6.66. The number of hydrogen-bond donors (Lipinski definition) is 0. The van der Waals surface area contributed by atoms with Crippen LogP contribution < -0.4 is 0 Å². The molecule has 1 saturated carbocycles. The lowest BCUT2D eigenvalue weighted by atomic mass is 9.94. The van der Waals surface area contributed by atoms with Crippen molar-refractivity contribution in [2.75, 3.05) is 7.05 Å². The molecule has 112 valence electrons. The molecule has 1 aromatic carbocycles. The first-order valence-corrected chi connectivity index (χ1v) is 8.27. The minimum atomic E-state index is 0.659. The monoisotopic (exact) mass is 349 g/mol. The predicted molar refractivity (Wildman–Crippen MR) is 85.2 cm³/mol. The highest BCUT2D eigenvalue weighted by molar-refractivity contribution is 9.10. The van der Waals surface area contributed by atoms with Crippen LogP contribution in [-0.2, 0) is 6.54 Å². The lowest BCUT2D eigenvalue weighted by Gasteiger charge is -2.30. The lowest BCUT2D eigenvalue weighted by Crippen LogP contribution is -2.33. The maximum Gasteiger partial charge on any atom is 0.170 e. The van der Waals surface area contributed by atoms with Gasteiger partial charge >= 0.3 is 0 Å². The van der Waals surface area contributed by atoms with Crippen molar-refractivity contribution in [2.45, 2.75) is 44.7 Å². The predicted octanol–water partition coefficient (Wildman–Crippen LogP) is 3.19. The van der Waals surface area contributed by atoms with Crippen molar-refractivity contribution < 1.29 is 0 Å². The molecule has 0 radical (unpaired) electrons. The van der Waals surface area contributed by atoms with Crippen molar-refractivity contribution in [3.63, 3.8) is 0 Å². The third kappa shape index (κ3) is 3.49. The molecule has 0 atom stereocenters. The lowest BCUT2D eigenvalue weighted by molar-refractivity contribution is 0.179. The first-order chi connectivity index (χ1) is 10.2. The van der Waals surface area contributed by atoms with E-state index in [1.165, 1.54) is 32.1 Å². The Morgan fingerprint density at radius 3 is 2.86 bits per heavy atom. The Labute approximate surface area is 133 Å². The van der Waals surface area contributed by atoms with Gasteiger partial charge in [-0.3, -0.25) is 4.90 Å². The van der Waals surface area contributed by atoms with Gasteiger partial charge in [0.05, 0.1) is 12.2 Å². The van der Waals surface area contributed by atoms with Crippen LogP contribution in [-0.4, -0.2) is 38.2 Å². The van der Waals surface area contributed by atoms with E-state index in [1.54, 1.807) is 0 Å². The molecule has 2 aromatic rings. The number of rotatable bonds is 4. The molecule has 0 spiro atoms. The fourth-order valence-electron chi connectivity index (χ4n) is 2.99. The largest absolute Gasteiger partial charge is 0.296 e. The van der Waals surface area contributed by atoms with E-state index in [2.05, 4.69) is 43.4 Å². The van der Waals surface area contributed by atoms with E-state index in [4.69, 9.17) is 0 Å². The Morgan fingerprint density at radius 2 is 2.10 bits per heavy atom. The molecule has 0 aliphatic heterocycles. The zero-order chi connectivity index (χ0) is 14.7. The molecule has 0 bridgehead atoms. The molecular formula is C15H20BrN5. The van der Waals surface area contributed by atoms with Crippen LogP contribution in [0.25, 0.3) is 5.69 Å². The van der Waals surface area contributed by atoms with E-state index in [9.17, 15) is 0 Å². The summed E-state index contributed by atoms with van der Waals surface area (Å²) in [6.07, 6.45) is 6.63. The van der Waals surface area contributed by atoms with Crippen molar-refractivity contribution in [1.29, 1.82) is 0 Å². The molecule has 6 heteroatoms. The molecule has 5 nitrogen and oxygen atoms in total. The zero-order valence-electron chi connectivity index (χ0n) is 12.2. The number of benzene rings is 1. The summed E-state index contributed by atoms with van der Waals surface area (Å²) in [5.41, 5.74) is 0.987. The molecular weight excluding hydrogens is 330 g/mol. The molecule has 0 unspecified atom stereocenters. The van der Waals surface area contributed by atoms with Gasteiger partial charge in [0.25, 0.3) is 0 Å². The zero-order valence-corrected chi connectivity index (χ0v) is 13.8. The Hall–Kier alpha value is -1.27. The number of nitrogens with zero attached hydrogens (tertiary/aromatic N) is 5. The third-order valence-corrected chi connectivity index (χ3v) is 4.67. The van der Waals surface area contributed by atoms with Gasteiger partial charge in [-0.25, -0.2) is 0 Å². The first kappa shape index (κ1) is 14.7. The summed E-state index contributed by atoms with van der Waals surface area (Å²) in [4.78, 5) is 2.39. The summed E-state index contributed by atoms with van der Waals surface area (Å²) in [7, 11) is 2.18. The molecule has 0 N–H and O–H groups in total. The molecule has 0 amide bonds. The van der Waals surface area contributed by atoms with E-state index in [-0.39, 0.29) is 0 Å². The van der Waals surface area contributed by atoms with E-state index < -0.39 is 0 Å². The average Bonchev–Trinajstić information content (AvgIpc) is 2.96. The van der Waals surface area contributed by atoms with Gasteiger partial charge in [-0.1, -0.05) is 41.3 Å². The minimum absolute atomic E-state index is 0.659. The van der Waals surface area contributed by atoms with E-state index >= 15 is 0 Å². The standard InChI is InChI=1S/C15H20BrN5/c1-20(13-7-3-2-4-8-13)11-15-17-18-19-21(15)14-9-5-6-12(16)10-14/h5-6,9-10,13H,2-4,7-8,11H2,1H3. The summed E-state index contributed by atoms with van der Waals surface area (Å²) in [6.45, 7) is 0.782. The van der Waals surface area contributed by atoms with Crippen LogP contribution in [0.15, 0.2) is 28.7 Å². The van der Waals surface area contributed by atoms with E-state index in [1.807, 2.05) is 28.9 Å². The van der Waals surface area contributed by atoms with Crippen LogP contribution >= 0.6 is 15.9 Å². The Bertz CT molecular complexity index is 591. The second-order valence-corrected chi connectivity index (χ2v) is 6.61. The minimum Gasteiger partial charge on any atom is -0.296 e. The van der Waals surface area contributed by atoms with Crippen LogP contribution in [0.3, 0.4) is 0 Å². The van der Waals surface area contributed by atoms with Crippen LogP contribution in [0.1, 0.15) is 37.9 Å². The normalized spacial score (nSPS) is 16.5. The second-order valence-electron chi connectivity index (χ2n) is 5.69. The van der Waals surface area contributed by atoms with Crippen LogP contribution in [0.5, 0.6) is 0 Å². The van der Waals surface area contributed by atoms with E-state index in [0.717, 1.165) is 22.5 Å². The third-order valence-electron chi connectivity index (χ3n) is 4.18. The quantitative estimate of drug-likeness (QED) is 0.850. The van der Waals surface area contributed by atoms with Crippen LogP contribution in [0, 0.1) is 0 Å². The maximum atomic E-state index is 4.20. The highest BCUT2D eigenvalue weighted by atomic mass is 79.9. The topological polar surface area (TPSA) is 46.8 Å². The SMILES string of the molecule is CN(Cc1nnnn1-c1cccc(Br)c1)C1CCCCC1. The number of tetrazole rings is 1.